The van der Waals surface area contributed by atoms with Crippen molar-refractivity contribution in [3.63, 3.8) is 0 Å². The van der Waals surface area contributed by atoms with Crippen LogP contribution in [-0.4, -0.2) is 21.1 Å². The van der Waals surface area contributed by atoms with Gasteiger partial charge in [0.25, 0.3) is 0 Å². The van der Waals surface area contributed by atoms with Crippen molar-refractivity contribution in [2.24, 2.45) is 0 Å². The second-order valence-corrected chi connectivity index (χ2v) is 6.07. The lowest BCUT2D eigenvalue weighted by Gasteiger charge is -2.13. The molecule has 0 aliphatic carbocycles. The van der Waals surface area contributed by atoms with Crippen LogP contribution in [-0.2, 0) is 17.9 Å². The molecule has 0 saturated carbocycles. The Balaban J connectivity index is 2.11. The van der Waals surface area contributed by atoms with E-state index >= 15 is 0 Å². The third-order valence-corrected chi connectivity index (χ3v) is 4.19. The van der Waals surface area contributed by atoms with Gasteiger partial charge in [0.1, 0.15) is 6.54 Å². The van der Waals surface area contributed by atoms with E-state index in [-0.39, 0.29) is 24.2 Å². The predicted octanol–water partition coefficient (Wildman–Crippen LogP) is 2.91. The molecule has 2 aromatic rings. The van der Waals surface area contributed by atoms with E-state index in [0.29, 0.717) is 6.54 Å². The van der Waals surface area contributed by atoms with Gasteiger partial charge in [0.05, 0.1) is 11.0 Å². The number of fused-ring (bicyclic) bond motifs is 1. The highest BCUT2D eigenvalue weighted by atomic mass is 16.2. The second-order valence-electron chi connectivity index (χ2n) is 6.07. The molecule has 5 nitrogen and oxygen atoms in total. The van der Waals surface area contributed by atoms with Gasteiger partial charge in [0.2, 0.25) is 5.91 Å². The first-order chi connectivity index (χ1) is 11.1. The Bertz CT molecular complexity index is 715. The lowest BCUT2D eigenvalue weighted by Crippen LogP contribution is -2.37. The van der Waals surface area contributed by atoms with Crippen LogP contribution in [0.25, 0.3) is 11.0 Å². The van der Waals surface area contributed by atoms with Crippen LogP contribution < -0.4 is 11.0 Å². The normalized spacial score (nSPS) is 12.5. The van der Waals surface area contributed by atoms with Crippen molar-refractivity contribution in [1.82, 2.24) is 14.5 Å². The zero-order valence-electron chi connectivity index (χ0n) is 14.3. The maximum atomic E-state index is 12.5. The highest BCUT2D eigenvalue weighted by Crippen LogP contribution is 2.12. The molecular formula is C18H27N3O2. The first-order valence-corrected chi connectivity index (χ1v) is 8.55. The van der Waals surface area contributed by atoms with Gasteiger partial charge >= 0.3 is 5.69 Å². The molecule has 0 spiro atoms. The number of para-hydroxylation sites is 2. The van der Waals surface area contributed by atoms with Gasteiger partial charge in [-0.2, -0.15) is 0 Å². The molecule has 1 aromatic carbocycles. The summed E-state index contributed by atoms with van der Waals surface area (Å²) < 4.78 is 3.26. The quantitative estimate of drug-likeness (QED) is 0.761. The van der Waals surface area contributed by atoms with E-state index in [1.165, 1.54) is 12.8 Å². The fourth-order valence-corrected chi connectivity index (χ4v) is 2.97. The van der Waals surface area contributed by atoms with Gasteiger partial charge < -0.3 is 5.32 Å². The minimum Gasteiger partial charge on any atom is -0.352 e. The van der Waals surface area contributed by atoms with Gasteiger partial charge in [0.15, 0.2) is 0 Å². The van der Waals surface area contributed by atoms with Crippen molar-refractivity contribution in [2.45, 2.75) is 65.6 Å². The van der Waals surface area contributed by atoms with E-state index < -0.39 is 0 Å². The summed E-state index contributed by atoms with van der Waals surface area (Å²) in [6, 6.07) is 7.75. The number of carbonyl (C=O) groups excluding carboxylic acids is 1. The zero-order valence-corrected chi connectivity index (χ0v) is 14.3. The molecule has 5 heteroatoms. The predicted molar refractivity (Wildman–Crippen MR) is 93.6 cm³/mol. The summed E-state index contributed by atoms with van der Waals surface area (Å²) in [6.07, 6.45) is 4.45. The summed E-state index contributed by atoms with van der Waals surface area (Å²) in [5, 5.41) is 3.00. The molecule has 126 valence electrons. The number of hydrogen-bond acceptors (Lipinski definition) is 2. The Labute approximate surface area is 137 Å². The van der Waals surface area contributed by atoms with Crippen molar-refractivity contribution in [3.8, 4) is 0 Å². The number of hydrogen-bond donors (Lipinski definition) is 1. The molecule has 0 radical (unpaired) electrons. The first-order valence-electron chi connectivity index (χ1n) is 8.55. The van der Waals surface area contributed by atoms with E-state index in [2.05, 4.69) is 12.2 Å². The minimum atomic E-state index is -0.123. The monoisotopic (exact) mass is 317 g/mol. The Hall–Kier alpha value is -2.04. The Morgan fingerprint density at radius 3 is 2.39 bits per heavy atom. The number of benzene rings is 1. The molecule has 0 saturated heterocycles. The fourth-order valence-electron chi connectivity index (χ4n) is 2.97. The maximum Gasteiger partial charge on any atom is 0.329 e. The van der Waals surface area contributed by atoms with Crippen molar-refractivity contribution in [2.75, 3.05) is 0 Å². The molecule has 1 atom stereocenters. The number of aromatic nitrogens is 2. The Morgan fingerprint density at radius 1 is 1.13 bits per heavy atom. The standard InChI is InChI=1S/C18H27N3O2/c1-4-6-7-10-14(3)19-17(22)13-21-16-12-9-8-11-15(16)20(5-2)18(21)23/h8-9,11-12,14H,4-7,10,13H2,1-3H3,(H,19,22)/t14-/m1/s1. The van der Waals surface area contributed by atoms with E-state index in [1.807, 2.05) is 38.1 Å². The molecule has 0 aliphatic rings. The highest BCUT2D eigenvalue weighted by molar-refractivity contribution is 5.81. The molecular weight excluding hydrogens is 290 g/mol. The molecule has 2 rings (SSSR count). The summed E-state index contributed by atoms with van der Waals surface area (Å²) in [5.41, 5.74) is 1.57. The molecule has 1 aromatic heterocycles. The molecule has 23 heavy (non-hydrogen) atoms. The maximum absolute atomic E-state index is 12.5. The summed E-state index contributed by atoms with van der Waals surface area (Å²) in [5.74, 6) is -0.102. The van der Waals surface area contributed by atoms with E-state index in [4.69, 9.17) is 0 Å². The van der Waals surface area contributed by atoms with Crippen LogP contribution in [0.15, 0.2) is 29.1 Å². The number of nitrogens with one attached hydrogen (secondary N) is 1. The molecule has 0 aliphatic heterocycles. The van der Waals surface area contributed by atoms with Crippen LogP contribution in [0.2, 0.25) is 0 Å². The van der Waals surface area contributed by atoms with Crippen LogP contribution in [0, 0.1) is 0 Å². The number of carbonyl (C=O) groups is 1. The van der Waals surface area contributed by atoms with Gasteiger partial charge in [0, 0.05) is 12.6 Å². The molecule has 1 amide bonds. The van der Waals surface area contributed by atoms with Gasteiger partial charge in [-0.25, -0.2) is 4.79 Å². The summed E-state index contributed by atoms with van der Waals surface area (Å²) in [7, 11) is 0. The fraction of sp³-hybridized carbons (Fsp3) is 0.556. The molecule has 1 heterocycles. The summed E-state index contributed by atoms with van der Waals surface area (Å²) in [4.78, 5) is 24.8. The van der Waals surface area contributed by atoms with Crippen LogP contribution in [0.1, 0.15) is 46.5 Å². The van der Waals surface area contributed by atoms with E-state index in [0.717, 1.165) is 23.9 Å². The average Bonchev–Trinajstić information content (AvgIpc) is 2.79. The number of imidazole rings is 1. The smallest absolute Gasteiger partial charge is 0.329 e. The van der Waals surface area contributed by atoms with Gasteiger partial charge in [-0.3, -0.25) is 13.9 Å². The Morgan fingerprint density at radius 2 is 1.78 bits per heavy atom. The van der Waals surface area contributed by atoms with Crippen LogP contribution in [0.5, 0.6) is 0 Å². The van der Waals surface area contributed by atoms with Crippen LogP contribution in [0.4, 0.5) is 0 Å². The molecule has 1 N–H and O–H groups in total. The number of rotatable bonds is 8. The van der Waals surface area contributed by atoms with Gasteiger partial charge in [-0.05, 0) is 32.4 Å². The van der Waals surface area contributed by atoms with Crippen LogP contribution in [0.3, 0.4) is 0 Å². The zero-order chi connectivity index (χ0) is 16.8. The van der Waals surface area contributed by atoms with Crippen molar-refractivity contribution < 1.29 is 4.79 Å². The summed E-state index contributed by atoms with van der Waals surface area (Å²) >= 11 is 0. The lowest BCUT2D eigenvalue weighted by molar-refractivity contribution is -0.122. The van der Waals surface area contributed by atoms with E-state index in [9.17, 15) is 9.59 Å². The Kier molecular flexibility index (Phi) is 6.02. The first kappa shape index (κ1) is 17.3. The van der Waals surface area contributed by atoms with Crippen LogP contribution >= 0.6 is 0 Å². The van der Waals surface area contributed by atoms with Gasteiger partial charge in [-0.1, -0.05) is 38.3 Å². The van der Waals surface area contributed by atoms with Crippen molar-refractivity contribution >= 4 is 16.9 Å². The van der Waals surface area contributed by atoms with Gasteiger partial charge in [-0.15, -0.1) is 0 Å². The highest BCUT2D eigenvalue weighted by Gasteiger charge is 2.15. The average molecular weight is 317 g/mol. The molecule has 0 fully saturated rings. The minimum absolute atomic E-state index is 0.0739. The van der Waals surface area contributed by atoms with Crippen molar-refractivity contribution in [1.29, 1.82) is 0 Å². The largest absolute Gasteiger partial charge is 0.352 e. The summed E-state index contributed by atoms with van der Waals surface area (Å²) in [6.45, 7) is 6.80. The SMILES string of the molecule is CCCCC[C@@H](C)NC(=O)Cn1c(=O)n(CC)c2ccccc21. The van der Waals surface area contributed by atoms with E-state index in [1.54, 1.807) is 9.13 Å². The number of amides is 1. The van der Waals surface area contributed by atoms with Crippen molar-refractivity contribution in [3.05, 3.63) is 34.7 Å². The third-order valence-electron chi connectivity index (χ3n) is 4.19. The second kappa shape index (κ2) is 7.99. The third kappa shape index (κ3) is 4.03. The number of aryl methyl sites for hydroxylation is 1. The lowest BCUT2D eigenvalue weighted by atomic mass is 10.1. The number of unbranched alkanes of at least 4 members (excludes halogenated alkanes) is 2. The topological polar surface area (TPSA) is 56.0 Å². The molecule has 0 unspecified atom stereocenters. The number of nitrogens with zero attached hydrogens (tertiary/aromatic N) is 2. The molecule has 0 bridgehead atoms.